The van der Waals surface area contributed by atoms with Crippen LogP contribution in [0.1, 0.15) is 31.2 Å². The molecule has 1 atom stereocenters. The number of nitrogens with one attached hydrogen (secondary N) is 3. The zero-order valence-electron chi connectivity index (χ0n) is 20.0. The normalized spacial score (nSPS) is 21.7. The van der Waals surface area contributed by atoms with Crippen molar-refractivity contribution in [2.75, 3.05) is 23.7 Å². The molecular weight excluding hydrogens is 470 g/mol. The molecule has 0 bridgehead atoms. The molecular formula is C25H30F2N6O3. The quantitative estimate of drug-likeness (QED) is 0.515. The van der Waals surface area contributed by atoms with E-state index in [-0.39, 0.29) is 30.9 Å². The third kappa shape index (κ3) is 5.91. The van der Waals surface area contributed by atoms with Crippen LogP contribution in [0.4, 0.5) is 29.7 Å². The van der Waals surface area contributed by atoms with Gasteiger partial charge in [0.2, 0.25) is 0 Å². The molecule has 5 N–H and O–H groups in total. The Hall–Kier alpha value is -3.73. The first-order valence-corrected chi connectivity index (χ1v) is 11.9. The Morgan fingerprint density at radius 1 is 0.917 bits per heavy atom. The second-order valence-electron chi connectivity index (χ2n) is 9.23. The average molecular weight is 501 g/mol. The molecule has 1 saturated carbocycles. The van der Waals surface area contributed by atoms with Crippen molar-refractivity contribution in [1.29, 1.82) is 0 Å². The van der Waals surface area contributed by atoms with E-state index in [2.05, 4.69) is 16.0 Å². The molecule has 1 aliphatic heterocycles. The summed E-state index contributed by atoms with van der Waals surface area (Å²) in [5.41, 5.74) is 7.23. The molecule has 2 aromatic rings. The molecule has 1 unspecified atom stereocenters. The second-order valence-corrected chi connectivity index (χ2v) is 9.23. The minimum absolute atomic E-state index is 0.0452. The zero-order chi connectivity index (χ0) is 25.8. The Labute approximate surface area is 208 Å². The number of hydrogen-bond donors (Lipinski definition) is 4. The number of nitrogens with zero attached hydrogens (tertiary/aromatic N) is 2. The topological polar surface area (TPSA) is 120 Å². The molecule has 36 heavy (non-hydrogen) atoms. The smallest absolute Gasteiger partial charge is 0.324 e. The van der Waals surface area contributed by atoms with Crippen LogP contribution in [0.15, 0.2) is 42.5 Å². The van der Waals surface area contributed by atoms with Crippen LogP contribution < -0.4 is 21.7 Å². The molecule has 1 heterocycles. The van der Waals surface area contributed by atoms with E-state index in [1.807, 2.05) is 13.0 Å². The predicted molar refractivity (Wildman–Crippen MR) is 131 cm³/mol. The third-order valence-electron chi connectivity index (χ3n) is 6.49. The maximum atomic E-state index is 14.1. The van der Waals surface area contributed by atoms with E-state index in [0.717, 1.165) is 30.5 Å². The number of halogens is 2. The molecule has 0 radical (unpaired) electrons. The number of rotatable bonds is 4. The van der Waals surface area contributed by atoms with Crippen molar-refractivity contribution >= 4 is 29.3 Å². The van der Waals surface area contributed by atoms with Crippen LogP contribution in [0, 0.1) is 18.6 Å². The van der Waals surface area contributed by atoms with Crippen LogP contribution >= 0.6 is 0 Å². The molecule has 4 rings (SSSR count). The van der Waals surface area contributed by atoms with E-state index in [0.29, 0.717) is 24.6 Å². The van der Waals surface area contributed by atoms with Crippen molar-refractivity contribution in [2.45, 2.75) is 50.9 Å². The summed E-state index contributed by atoms with van der Waals surface area (Å²) in [5, 5.41) is 8.10. The molecule has 9 nitrogen and oxygen atoms in total. The fourth-order valence-corrected chi connectivity index (χ4v) is 4.57. The van der Waals surface area contributed by atoms with Gasteiger partial charge in [-0.15, -0.1) is 0 Å². The fraction of sp³-hybridized carbons (Fsp3) is 0.400. The van der Waals surface area contributed by atoms with Gasteiger partial charge in [0.15, 0.2) is 6.17 Å². The number of urea groups is 2. The van der Waals surface area contributed by atoms with Crippen molar-refractivity contribution in [3.05, 3.63) is 59.7 Å². The van der Waals surface area contributed by atoms with Gasteiger partial charge in [0, 0.05) is 36.9 Å². The van der Waals surface area contributed by atoms with Gasteiger partial charge in [-0.1, -0.05) is 12.1 Å². The van der Waals surface area contributed by atoms with Crippen molar-refractivity contribution in [2.24, 2.45) is 5.73 Å². The van der Waals surface area contributed by atoms with Crippen LogP contribution in [-0.2, 0) is 4.79 Å². The van der Waals surface area contributed by atoms with Gasteiger partial charge in [0.25, 0.3) is 5.91 Å². The highest BCUT2D eigenvalue weighted by molar-refractivity contribution is 5.98. The molecule has 0 spiro atoms. The highest BCUT2D eigenvalue weighted by Gasteiger charge is 2.43. The number of aryl methyl sites for hydroxylation is 1. The second kappa shape index (κ2) is 10.9. The molecule has 1 saturated heterocycles. The molecule has 0 aromatic heterocycles. The Morgan fingerprint density at radius 3 is 2.22 bits per heavy atom. The third-order valence-corrected chi connectivity index (χ3v) is 6.49. The van der Waals surface area contributed by atoms with Gasteiger partial charge >= 0.3 is 12.1 Å². The number of carbonyl (C=O) groups is 3. The van der Waals surface area contributed by atoms with Crippen LogP contribution in [0.3, 0.4) is 0 Å². The van der Waals surface area contributed by atoms with Crippen molar-refractivity contribution in [1.82, 2.24) is 15.1 Å². The lowest BCUT2D eigenvalue weighted by Crippen LogP contribution is -2.57. The maximum Gasteiger partial charge on any atom is 0.324 e. The molecule has 11 heteroatoms. The monoisotopic (exact) mass is 500 g/mol. The minimum atomic E-state index is -1.26. The average Bonchev–Trinajstić information content (AvgIpc) is 3.28. The van der Waals surface area contributed by atoms with Crippen LogP contribution in [0.5, 0.6) is 0 Å². The summed E-state index contributed by atoms with van der Waals surface area (Å²) in [6.45, 7) is 2.02. The van der Waals surface area contributed by atoms with Crippen molar-refractivity contribution in [3.8, 4) is 0 Å². The number of nitrogens with two attached hydrogens (primary N) is 1. The number of benzene rings is 2. The van der Waals surface area contributed by atoms with Gasteiger partial charge in [0.1, 0.15) is 11.6 Å². The first-order chi connectivity index (χ1) is 17.2. The molecule has 2 fully saturated rings. The number of hydrogen-bond acceptors (Lipinski definition) is 4. The van der Waals surface area contributed by atoms with E-state index in [4.69, 9.17) is 5.73 Å². The fourth-order valence-electron chi connectivity index (χ4n) is 4.57. The molecule has 2 aromatic carbocycles. The van der Waals surface area contributed by atoms with Gasteiger partial charge < -0.3 is 21.7 Å². The largest absolute Gasteiger partial charge is 0.350 e. The Balaban J connectivity index is 1.53. The minimum Gasteiger partial charge on any atom is -0.350 e. The van der Waals surface area contributed by atoms with Crippen molar-refractivity contribution < 1.29 is 23.2 Å². The van der Waals surface area contributed by atoms with Gasteiger partial charge in [-0.05, 0) is 62.4 Å². The number of anilines is 2. The van der Waals surface area contributed by atoms with Gasteiger partial charge in [-0.25, -0.2) is 18.4 Å². The lowest BCUT2D eigenvalue weighted by molar-refractivity contribution is -0.128. The zero-order valence-corrected chi connectivity index (χ0v) is 20.0. The summed E-state index contributed by atoms with van der Waals surface area (Å²) in [7, 11) is 0. The summed E-state index contributed by atoms with van der Waals surface area (Å²) < 4.78 is 27.4. The predicted octanol–water partition coefficient (Wildman–Crippen LogP) is 3.37. The highest BCUT2D eigenvalue weighted by atomic mass is 19.1. The molecule has 2 aliphatic rings. The van der Waals surface area contributed by atoms with E-state index >= 15 is 0 Å². The lowest BCUT2D eigenvalue weighted by atomic mass is 9.92. The highest BCUT2D eigenvalue weighted by Crippen LogP contribution is 2.23. The summed E-state index contributed by atoms with van der Waals surface area (Å²) >= 11 is 0. The summed E-state index contributed by atoms with van der Waals surface area (Å²) in [5.74, 6) is -2.24. The lowest BCUT2D eigenvalue weighted by Gasteiger charge is -2.32. The van der Waals surface area contributed by atoms with Crippen LogP contribution in [0.2, 0.25) is 0 Å². The van der Waals surface area contributed by atoms with Gasteiger partial charge in [-0.2, -0.15) is 0 Å². The molecule has 1 aliphatic carbocycles. The van der Waals surface area contributed by atoms with E-state index in [1.54, 1.807) is 18.2 Å². The van der Waals surface area contributed by atoms with Gasteiger partial charge in [-0.3, -0.25) is 14.6 Å². The standard InChI is InChI=1S/C25H30F2N6O3/c1-15-3-2-4-19(13-15)30-24(35)32-11-12-33(25(36)31-21-10-5-16(26)14-20(21)27)23(32)22(34)29-18-8-6-17(28)7-9-18/h2-5,10,13-14,17-18,23H,6-9,11-12,28H2,1H3,(H,29,34)(H,30,35)(H,31,36). The van der Waals surface area contributed by atoms with E-state index in [9.17, 15) is 23.2 Å². The van der Waals surface area contributed by atoms with Crippen molar-refractivity contribution in [3.63, 3.8) is 0 Å². The van der Waals surface area contributed by atoms with E-state index < -0.39 is 35.8 Å². The Bertz CT molecular complexity index is 1140. The Kier molecular flexibility index (Phi) is 7.68. The SMILES string of the molecule is Cc1cccc(NC(=O)N2CCN(C(=O)Nc3ccc(F)cc3F)C2C(=O)NC2CCC(N)CC2)c1. The summed E-state index contributed by atoms with van der Waals surface area (Å²) in [4.78, 5) is 42.1. The number of amides is 5. The van der Waals surface area contributed by atoms with Crippen LogP contribution in [-0.4, -0.2) is 59.1 Å². The molecule has 192 valence electrons. The Morgan fingerprint density at radius 2 is 1.58 bits per heavy atom. The first kappa shape index (κ1) is 25.4. The summed E-state index contributed by atoms with van der Waals surface area (Å²) in [6.07, 6.45) is 1.67. The number of carbonyl (C=O) groups excluding carboxylic acids is 3. The van der Waals surface area contributed by atoms with Gasteiger partial charge in [0.05, 0.1) is 5.69 Å². The van der Waals surface area contributed by atoms with E-state index in [1.165, 1.54) is 9.80 Å². The maximum absolute atomic E-state index is 14.1. The summed E-state index contributed by atoms with van der Waals surface area (Å²) in [6, 6.07) is 8.60. The molecule has 5 amide bonds. The van der Waals surface area contributed by atoms with Crippen LogP contribution in [0.25, 0.3) is 0 Å². The first-order valence-electron chi connectivity index (χ1n) is 11.9.